The minimum absolute atomic E-state index is 0.160. The molecule has 1 N–H and O–H groups in total. The van der Waals surface area contributed by atoms with Crippen molar-refractivity contribution in [2.24, 2.45) is 5.41 Å². The maximum Gasteiger partial charge on any atom is 0.421 e. The number of halogens is 4. The van der Waals surface area contributed by atoms with Crippen molar-refractivity contribution in [3.05, 3.63) is 34.3 Å². The Morgan fingerprint density at radius 1 is 1.12 bits per heavy atom. The van der Waals surface area contributed by atoms with Gasteiger partial charge in [0.05, 0.1) is 0 Å². The van der Waals surface area contributed by atoms with Crippen LogP contribution in [-0.2, 0) is 5.60 Å². The van der Waals surface area contributed by atoms with E-state index in [0.717, 1.165) is 0 Å². The number of hydrogen-bond donors (Lipinski definition) is 1. The second-order valence-electron chi connectivity index (χ2n) is 4.97. The predicted molar refractivity (Wildman–Crippen MR) is 63.5 cm³/mol. The van der Waals surface area contributed by atoms with E-state index in [4.69, 9.17) is 0 Å². The lowest BCUT2D eigenvalue weighted by molar-refractivity contribution is -0.302. The molecular weight excluding hydrogens is 297 g/mol. The Morgan fingerprint density at radius 3 is 2.00 bits per heavy atom. The molecule has 0 bridgehead atoms. The molecule has 1 aromatic rings. The summed E-state index contributed by atoms with van der Waals surface area (Å²) >= 11 is 3.11. The third kappa shape index (κ3) is 2.50. The van der Waals surface area contributed by atoms with Crippen molar-refractivity contribution in [2.75, 3.05) is 0 Å². The van der Waals surface area contributed by atoms with Crippen LogP contribution in [0, 0.1) is 5.41 Å². The zero-order valence-corrected chi connectivity index (χ0v) is 11.4. The molecule has 1 rings (SSSR count). The third-order valence-corrected chi connectivity index (χ3v) is 3.23. The van der Waals surface area contributed by atoms with Gasteiger partial charge in [0.15, 0.2) is 5.60 Å². The van der Waals surface area contributed by atoms with Gasteiger partial charge in [-0.2, -0.15) is 13.2 Å². The van der Waals surface area contributed by atoms with Crippen LogP contribution in [0.5, 0.6) is 0 Å². The minimum Gasteiger partial charge on any atom is -0.376 e. The van der Waals surface area contributed by atoms with Crippen LogP contribution in [0.3, 0.4) is 0 Å². The topological polar surface area (TPSA) is 20.2 Å². The zero-order valence-electron chi connectivity index (χ0n) is 9.77. The lowest BCUT2D eigenvalue weighted by Gasteiger charge is -2.41. The molecular formula is C12H14BrF3O. The highest BCUT2D eigenvalue weighted by atomic mass is 79.9. The Kier molecular flexibility index (Phi) is 3.65. The average Bonchev–Trinajstić information content (AvgIpc) is 2.12. The Bertz CT molecular complexity index is 393. The fraction of sp³-hybridized carbons (Fsp3) is 0.500. The van der Waals surface area contributed by atoms with Gasteiger partial charge < -0.3 is 5.11 Å². The van der Waals surface area contributed by atoms with E-state index in [0.29, 0.717) is 4.47 Å². The highest BCUT2D eigenvalue weighted by molar-refractivity contribution is 9.10. The minimum atomic E-state index is -4.73. The van der Waals surface area contributed by atoms with Crippen LogP contribution in [-0.4, -0.2) is 11.3 Å². The first-order chi connectivity index (χ1) is 7.50. The number of hydrogen-bond acceptors (Lipinski definition) is 1. The Hall–Kier alpha value is -0.550. The van der Waals surface area contributed by atoms with Crippen molar-refractivity contribution in [1.82, 2.24) is 0 Å². The van der Waals surface area contributed by atoms with E-state index in [1.807, 2.05) is 0 Å². The predicted octanol–water partition coefficient (Wildman–Crippen LogP) is 4.25. The van der Waals surface area contributed by atoms with Crippen LogP contribution in [0.25, 0.3) is 0 Å². The first-order valence-corrected chi connectivity index (χ1v) is 5.84. The van der Waals surface area contributed by atoms with Gasteiger partial charge >= 0.3 is 6.18 Å². The smallest absolute Gasteiger partial charge is 0.376 e. The lowest BCUT2D eigenvalue weighted by Crippen LogP contribution is -2.52. The molecule has 0 amide bonds. The lowest BCUT2D eigenvalue weighted by atomic mass is 9.71. The van der Waals surface area contributed by atoms with Gasteiger partial charge in [-0.1, -0.05) is 48.8 Å². The molecule has 1 nitrogen and oxygen atoms in total. The third-order valence-electron chi connectivity index (χ3n) is 2.74. The van der Waals surface area contributed by atoms with Crippen molar-refractivity contribution < 1.29 is 18.3 Å². The van der Waals surface area contributed by atoms with Crippen molar-refractivity contribution in [3.63, 3.8) is 0 Å². The second kappa shape index (κ2) is 4.28. The summed E-state index contributed by atoms with van der Waals surface area (Å²) in [4.78, 5) is 0. The average molecular weight is 311 g/mol. The molecule has 0 aliphatic carbocycles. The first kappa shape index (κ1) is 14.5. The van der Waals surface area contributed by atoms with Gasteiger partial charge in [-0.15, -0.1) is 0 Å². The van der Waals surface area contributed by atoms with E-state index in [1.54, 1.807) is 6.07 Å². The van der Waals surface area contributed by atoms with Gasteiger partial charge in [0.1, 0.15) is 0 Å². The monoisotopic (exact) mass is 310 g/mol. The number of aliphatic hydroxyl groups is 1. The van der Waals surface area contributed by atoms with Gasteiger partial charge in [0.2, 0.25) is 0 Å². The molecule has 0 spiro atoms. The molecule has 0 aromatic heterocycles. The SMILES string of the molecule is CC(C)(C)C(O)(c1cccc(Br)c1)C(F)(F)F. The molecule has 0 radical (unpaired) electrons. The summed E-state index contributed by atoms with van der Waals surface area (Å²) in [6.07, 6.45) is -4.73. The van der Waals surface area contributed by atoms with Crippen LogP contribution in [0.1, 0.15) is 26.3 Å². The molecule has 0 aliphatic heterocycles. The van der Waals surface area contributed by atoms with Gasteiger partial charge in [-0.3, -0.25) is 0 Å². The molecule has 17 heavy (non-hydrogen) atoms. The Morgan fingerprint density at radius 2 is 1.65 bits per heavy atom. The number of rotatable bonds is 1. The van der Waals surface area contributed by atoms with Gasteiger partial charge in [0.25, 0.3) is 0 Å². The maximum absolute atomic E-state index is 13.2. The summed E-state index contributed by atoms with van der Waals surface area (Å²) in [6.45, 7) is 4.09. The van der Waals surface area contributed by atoms with Crippen LogP contribution in [0.15, 0.2) is 28.7 Å². The summed E-state index contributed by atoms with van der Waals surface area (Å²) in [5.74, 6) is 0. The summed E-state index contributed by atoms with van der Waals surface area (Å²) in [5.41, 5.74) is -4.39. The first-order valence-electron chi connectivity index (χ1n) is 5.05. The van der Waals surface area contributed by atoms with Crippen LogP contribution >= 0.6 is 15.9 Å². The summed E-state index contributed by atoms with van der Waals surface area (Å²) in [7, 11) is 0. The highest BCUT2D eigenvalue weighted by Crippen LogP contribution is 2.50. The molecule has 0 saturated carbocycles. The molecule has 5 heteroatoms. The molecule has 0 heterocycles. The molecule has 1 atom stereocenters. The summed E-state index contributed by atoms with van der Waals surface area (Å²) < 4.78 is 40.0. The molecule has 96 valence electrons. The molecule has 0 aliphatic rings. The van der Waals surface area contributed by atoms with E-state index in [9.17, 15) is 18.3 Å². The van der Waals surface area contributed by atoms with Crippen LogP contribution in [0.2, 0.25) is 0 Å². The largest absolute Gasteiger partial charge is 0.421 e. The van der Waals surface area contributed by atoms with Crippen molar-refractivity contribution >= 4 is 15.9 Å². The fourth-order valence-electron chi connectivity index (χ4n) is 1.74. The standard InChI is InChI=1S/C12H14BrF3O/c1-10(2,3)11(17,12(14,15)16)8-5-4-6-9(13)7-8/h4-7,17H,1-3H3. The van der Waals surface area contributed by atoms with E-state index < -0.39 is 17.2 Å². The molecule has 1 unspecified atom stereocenters. The Balaban J connectivity index is 3.46. The van der Waals surface area contributed by atoms with Crippen molar-refractivity contribution in [1.29, 1.82) is 0 Å². The normalized spacial score (nSPS) is 16.7. The van der Waals surface area contributed by atoms with Crippen LogP contribution in [0.4, 0.5) is 13.2 Å². The van der Waals surface area contributed by atoms with E-state index in [2.05, 4.69) is 15.9 Å². The number of alkyl halides is 3. The summed E-state index contributed by atoms with van der Waals surface area (Å²) in [6, 6.07) is 5.66. The highest BCUT2D eigenvalue weighted by Gasteiger charge is 2.61. The van der Waals surface area contributed by atoms with Crippen molar-refractivity contribution in [2.45, 2.75) is 32.5 Å². The van der Waals surface area contributed by atoms with E-state index >= 15 is 0 Å². The maximum atomic E-state index is 13.2. The molecule has 0 fully saturated rings. The van der Waals surface area contributed by atoms with E-state index in [-0.39, 0.29) is 5.56 Å². The summed E-state index contributed by atoms with van der Waals surface area (Å²) in [5, 5.41) is 10.1. The van der Waals surface area contributed by atoms with Gasteiger partial charge in [0, 0.05) is 9.89 Å². The van der Waals surface area contributed by atoms with Crippen molar-refractivity contribution in [3.8, 4) is 0 Å². The second-order valence-corrected chi connectivity index (χ2v) is 5.88. The molecule has 0 saturated heterocycles. The molecule has 1 aromatic carbocycles. The zero-order chi connectivity index (χ0) is 13.5. The van der Waals surface area contributed by atoms with Gasteiger partial charge in [-0.25, -0.2) is 0 Å². The fourth-order valence-corrected chi connectivity index (χ4v) is 2.13. The van der Waals surface area contributed by atoms with E-state index in [1.165, 1.54) is 39.0 Å². The van der Waals surface area contributed by atoms with Gasteiger partial charge in [-0.05, 0) is 17.7 Å². The van der Waals surface area contributed by atoms with Crippen LogP contribution < -0.4 is 0 Å². The number of benzene rings is 1. The Labute approximate surface area is 107 Å². The quantitative estimate of drug-likeness (QED) is 0.822.